The summed E-state index contributed by atoms with van der Waals surface area (Å²) in [5.74, 6) is 0.452. The van der Waals surface area contributed by atoms with Crippen molar-refractivity contribution >= 4 is 0 Å². The van der Waals surface area contributed by atoms with Crippen molar-refractivity contribution in [3.8, 4) is 5.75 Å². The standard InChI is InChI=1S/C15H22FNO2/c1-12(19-15-5-3-2-4-14(15)16)10-17-8-6-13(11-18)7-9-17/h2-5,12-13,18H,6-11H2,1H3. The van der Waals surface area contributed by atoms with Crippen LogP contribution in [0.2, 0.25) is 0 Å². The van der Waals surface area contributed by atoms with Gasteiger partial charge in [0, 0.05) is 13.2 Å². The van der Waals surface area contributed by atoms with Crippen LogP contribution in [0.5, 0.6) is 5.75 Å². The van der Waals surface area contributed by atoms with Gasteiger partial charge in [0.05, 0.1) is 0 Å². The van der Waals surface area contributed by atoms with Crippen LogP contribution < -0.4 is 4.74 Å². The Morgan fingerprint density at radius 2 is 2.05 bits per heavy atom. The van der Waals surface area contributed by atoms with Crippen LogP contribution in [0, 0.1) is 11.7 Å². The quantitative estimate of drug-likeness (QED) is 0.888. The Kier molecular flexibility index (Phi) is 5.16. The Balaban J connectivity index is 1.79. The topological polar surface area (TPSA) is 32.7 Å². The van der Waals surface area contributed by atoms with Gasteiger partial charge in [-0.3, -0.25) is 4.90 Å². The monoisotopic (exact) mass is 267 g/mol. The average Bonchev–Trinajstić information content (AvgIpc) is 2.42. The molecular weight excluding hydrogens is 245 g/mol. The maximum atomic E-state index is 13.5. The van der Waals surface area contributed by atoms with Gasteiger partial charge < -0.3 is 9.84 Å². The van der Waals surface area contributed by atoms with E-state index >= 15 is 0 Å². The lowest BCUT2D eigenvalue weighted by molar-refractivity contribution is 0.0925. The number of aliphatic hydroxyl groups excluding tert-OH is 1. The van der Waals surface area contributed by atoms with E-state index in [0.717, 1.165) is 32.5 Å². The van der Waals surface area contributed by atoms with E-state index in [1.54, 1.807) is 18.2 Å². The first-order valence-electron chi connectivity index (χ1n) is 6.93. The van der Waals surface area contributed by atoms with Gasteiger partial charge in [0.25, 0.3) is 0 Å². The number of hydrogen-bond acceptors (Lipinski definition) is 3. The maximum Gasteiger partial charge on any atom is 0.165 e. The molecule has 1 aromatic rings. The fraction of sp³-hybridized carbons (Fsp3) is 0.600. The van der Waals surface area contributed by atoms with Crippen molar-refractivity contribution < 1.29 is 14.2 Å². The van der Waals surface area contributed by atoms with Gasteiger partial charge in [-0.05, 0) is 50.9 Å². The Morgan fingerprint density at radius 1 is 1.37 bits per heavy atom. The van der Waals surface area contributed by atoms with E-state index in [9.17, 15) is 4.39 Å². The number of benzene rings is 1. The molecular formula is C15H22FNO2. The minimum atomic E-state index is -0.312. The highest BCUT2D eigenvalue weighted by Crippen LogP contribution is 2.19. The molecule has 106 valence electrons. The second-order valence-electron chi connectivity index (χ2n) is 5.29. The zero-order valence-corrected chi connectivity index (χ0v) is 11.4. The van der Waals surface area contributed by atoms with E-state index < -0.39 is 0 Å². The summed E-state index contributed by atoms with van der Waals surface area (Å²) in [6.07, 6.45) is 2.02. The summed E-state index contributed by atoms with van der Waals surface area (Å²) in [6.45, 7) is 5.01. The van der Waals surface area contributed by atoms with Crippen LogP contribution in [0.3, 0.4) is 0 Å². The van der Waals surface area contributed by atoms with Crippen LogP contribution in [0.4, 0.5) is 4.39 Å². The van der Waals surface area contributed by atoms with Gasteiger partial charge in [-0.1, -0.05) is 12.1 Å². The molecule has 0 aromatic heterocycles. The van der Waals surface area contributed by atoms with Gasteiger partial charge in [0.15, 0.2) is 11.6 Å². The molecule has 0 radical (unpaired) electrons. The summed E-state index contributed by atoms with van der Waals surface area (Å²) in [5.41, 5.74) is 0. The molecule has 1 fully saturated rings. The minimum absolute atomic E-state index is 0.0393. The molecule has 0 bridgehead atoms. The van der Waals surface area contributed by atoms with Crippen LogP contribution in [0.25, 0.3) is 0 Å². The van der Waals surface area contributed by atoms with E-state index in [4.69, 9.17) is 9.84 Å². The summed E-state index contributed by atoms with van der Waals surface area (Å²) >= 11 is 0. The molecule has 1 saturated heterocycles. The first-order chi connectivity index (χ1) is 9.19. The molecule has 1 atom stereocenters. The number of para-hydroxylation sites is 1. The van der Waals surface area contributed by atoms with Crippen molar-refractivity contribution in [3.63, 3.8) is 0 Å². The Labute approximate surface area is 114 Å². The van der Waals surface area contributed by atoms with Crippen LogP contribution >= 0.6 is 0 Å². The van der Waals surface area contributed by atoms with E-state index in [-0.39, 0.29) is 18.5 Å². The second-order valence-corrected chi connectivity index (χ2v) is 5.29. The molecule has 4 heteroatoms. The first-order valence-corrected chi connectivity index (χ1v) is 6.93. The summed E-state index contributed by atoms with van der Waals surface area (Å²) in [6, 6.07) is 6.50. The van der Waals surface area contributed by atoms with Crippen LogP contribution in [0.1, 0.15) is 19.8 Å². The smallest absolute Gasteiger partial charge is 0.165 e. The maximum absolute atomic E-state index is 13.5. The summed E-state index contributed by atoms with van der Waals surface area (Å²) in [4.78, 5) is 2.32. The third-order valence-electron chi connectivity index (χ3n) is 3.65. The third kappa shape index (κ3) is 4.18. The van der Waals surface area contributed by atoms with Crippen molar-refractivity contribution in [1.82, 2.24) is 4.90 Å². The fourth-order valence-electron chi connectivity index (χ4n) is 2.51. The Hall–Kier alpha value is -1.13. The Bertz CT molecular complexity index is 391. The number of ether oxygens (including phenoxy) is 1. The first kappa shape index (κ1) is 14.3. The highest BCUT2D eigenvalue weighted by Gasteiger charge is 2.20. The molecule has 1 aliphatic heterocycles. The normalized spacial score (nSPS) is 19.3. The van der Waals surface area contributed by atoms with E-state index in [0.29, 0.717) is 11.7 Å². The summed E-state index contributed by atoms with van der Waals surface area (Å²) in [7, 11) is 0. The van der Waals surface area contributed by atoms with Crippen molar-refractivity contribution in [2.24, 2.45) is 5.92 Å². The van der Waals surface area contributed by atoms with Crippen LogP contribution in [-0.2, 0) is 0 Å². The molecule has 0 spiro atoms. The van der Waals surface area contributed by atoms with Gasteiger partial charge in [0.2, 0.25) is 0 Å². The molecule has 3 nitrogen and oxygen atoms in total. The van der Waals surface area contributed by atoms with Crippen molar-refractivity contribution in [1.29, 1.82) is 0 Å². The molecule has 0 saturated carbocycles. The Morgan fingerprint density at radius 3 is 2.68 bits per heavy atom. The highest BCUT2D eigenvalue weighted by molar-refractivity contribution is 5.23. The molecule has 1 N–H and O–H groups in total. The van der Waals surface area contributed by atoms with E-state index in [2.05, 4.69) is 4.90 Å². The van der Waals surface area contributed by atoms with Crippen molar-refractivity contribution in [2.75, 3.05) is 26.2 Å². The fourth-order valence-corrected chi connectivity index (χ4v) is 2.51. The molecule has 1 aromatic carbocycles. The lowest BCUT2D eigenvalue weighted by Crippen LogP contribution is -2.40. The van der Waals surface area contributed by atoms with Crippen molar-refractivity contribution in [2.45, 2.75) is 25.9 Å². The van der Waals surface area contributed by atoms with E-state index in [1.807, 2.05) is 6.92 Å². The third-order valence-corrected chi connectivity index (χ3v) is 3.65. The van der Waals surface area contributed by atoms with Gasteiger partial charge in [-0.2, -0.15) is 0 Å². The number of aliphatic hydroxyl groups is 1. The molecule has 1 unspecified atom stereocenters. The number of nitrogens with zero attached hydrogens (tertiary/aromatic N) is 1. The summed E-state index contributed by atoms with van der Waals surface area (Å²) in [5, 5.41) is 9.10. The van der Waals surface area contributed by atoms with Crippen molar-refractivity contribution in [3.05, 3.63) is 30.1 Å². The zero-order valence-electron chi connectivity index (χ0n) is 11.4. The molecule has 2 rings (SSSR count). The predicted octanol–water partition coefficient (Wildman–Crippen LogP) is 2.30. The molecule has 0 aliphatic carbocycles. The number of rotatable bonds is 5. The number of hydrogen-bond donors (Lipinski definition) is 1. The van der Waals surface area contributed by atoms with Gasteiger partial charge in [0.1, 0.15) is 6.10 Å². The molecule has 1 aliphatic rings. The molecule has 0 amide bonds. The lowest BCUT2D eigenvalue weighted by atomic mass is 9.98. The van der Waals surface area contributed by atoms with Gasteiger partial charge >= 0.3 is 0 Å². The van der Waals surface area contributed by atoms with Gasteiger partial charge in [-0.25, -0.2) is 4.39 Å². The van der Waals surface area contributed by atoms with E-state index in [1.165, 1.54) is 6.07 Å². The molecule has 19 heavy (non-hydrogen) atoms. The highest BCUT2D eigenvalue weighted by atomic mass is 19.1. The lowest BCUT2D eigenvalue weighted by Gasteiger charge is -2.32. The van der Waals surface area contributed by atoms with Crippen LogP contribution in [0.15, 0.2) is 24.3 Å². The average molecular weight is 267 g/mol. The number of likely N-dealkylation sites (tertiary alicyclic amines) is 1. The largest absolute Gasteiger partial charge is 0.486 e. The summed E-state index contributed by atoms with van der Waals surface area (Å²) < 4.78 is 19.1. The minimum Gasteiger partial charge on any atom is -0.486 e. The SMILES string of the molecule is CC(CN1CCC(CO)CC1)Oc1ccccc1F. The number of halogens is 1. The number of piperidine rings is 1. The van der Waals surface area contributed by atoms with Gasteiger partial charge in [-0.15, -0.1) is 0 Å². The second kappa shape index (κ2) is 6.87. The predicted molar refractivity (Wildman–Crippen MR) is 72.7 cm³/mol. The molecule has 1 heterocycles. The zero-order chi connectivity index (χ0) is 13.7. The van der Waals surface area contributed by atoms with Crippen LogP contribution in [-0.4, -0.2) is 42.4 Å².